The number of nitriles is 1. The standard InChI is InChI=1S/C14H16F2N2S/c1-19-14(10-17)4-6-18(7-5-14)9-11-2-3-12(15)8-13(11)16/h2-3,8H,4-7,9H2,1H3. The predicted octanol–water partition coefficient (Wildman–Crippen LogP) is 3.19. The van der Waals surface area contributed by atoms with Crippen molar-refractivity contribution in [3.63, 3.8) is 0 Å². The van der Waals surface area contributed by atoms with Gasteiger partial charge in [0.25, 0.3) is 0 Å². The van der Waals surface area contributed by atoms with Crippen molar-refractivity contribution in [3.05, 3.63) is 35.4 Å². The Kier molecular flexibility index (Phi) is 4.43. The summed E-state index contributed by atoms with van der Waals surface area (Å²) >= 11 is 1.60. The van der Waals surface area contributed by atoms with E-state index in [0.717, 1.165) is 32.0 Å². The van der Waals surface area contributed by atoms with Gasteiger partial charge in [-0.15, -0.1) is 11.8 Å². The van der Waals surface area contributed by atoms with Crippen LogP contribution < -0.4 is 0 Å². The highest BCUT2D eigenvalue weighted by Crippen LogP contribution is 2.34. The average molecular weight is 282 g/mol. The average Bonchev–Trinajstić information content (AvgIpc) is 2.43. The van der Waals surface area contributed by atoms with E-state index in [1.807, 2.05) is 6.26 Å². The smallest absolute Gasteiger partial charge is 0.130 e. The summed E-state index contributed by atoms with van der Waals surface area (Å²) < 4.78 is 26.1. The summed E-state index contributed by atoms with van der Waals surface area (Å²) in [6.45, 7) is 2.01. The van der Waals surface area contributed by atoms with Crippen LogP contribution in [0.1, 0.15) is 18.4 Å². The van der Waals surface area contributed by atoms with Gasteiger partial charge in [-0.1, -0.05) is 6.07 Å². The quantitative estimate of drug-likeness (QED) is 0.852. The van der Waals surface area contributed by atoms with Gasteiger partial charge in [-0.05, 0) is 25.2 Å². The second-order valence-electron chi connectivity index (χ2n) is 4.82. The molecule has 1 aromatic rings. The number of hydrogen-bond acceptors (Lipinski definition) is 3. The van der Waals surface area contributed by atoms with Crippen molar-refractivity contribution >= 4 is 11.8 Å². The summed E-state index contributed by atoms with van der Waals surface area (Å²) in [5.41, 5.74) is 0.509. The van der Waals surface area contributed by atoms with Gasteiger partial charge in [-0.25, -0.2) is 8.78 Å². The number of nitrogens with zero attached hydrogens (tertiary/aromatic N) is 2. The highest BCUT2D eigenvalue weighted by atomic mass is 32.2. The Morgan fingerprint density at radius 3 is 2.58 bits per heavy atom. The normalized spacial score (nSPS) is 19.1. The predicted molar refractivity (Wildman–Crippen MR) is 72.7 cm³/mol. The van der Waals surface area contributed by atoms with E-state index in [1.54, 1.807) is 11.8 Å². The summed E-state index contributed by atoms with van der Waals surface area (Å²) in [6, 6.07) is 6.07. The van der Waals surface area contributed by atoms with Crippen LogP contribution in [-0.4, -0.2) is 29.0 Å². The first-order valence-electron chi connectivity index (χ1n) is 6.21. The molecule has 0 unspecified atom stereocenters. The van der Waals surface area contributed by atoms with E-state index in [9.17, 15) is 14.0 Å². The third kappa shape index (κ3) is 3.26. The van der Waals surface area contributed by atoms with E-state index in [0.29, 0.717) is 12.1 Å². The highest BCUT2D eigenvalue weighted by Gasteiger charge is 2.33. The molecule has 102 valence electrons. The Labute approximate surface area is 116 Å². The van der Waals surface area contributed by atoms with Crippen molar-refractivity contribution in [1.29, 1.82) is 5.26 Å². The fourth-order valence-electron chi connectivity index (χ4n) is 2.32. The summed E-state index contributed by atoms with van der Waals surface area (Å²) in [5.74, 6) is -1.05. The number of halogens is 2. The molecule has 1 fully saturated rings. The Morgan fingerprint density at radius 1 is 1.37 bits per heavy atom. The SMILES string of the molecule is CSC1(C#N)CCN(Cc2ccc(F)cc2F)CC1. The van der Waals surface area contributed by atoms with Crippen LogP contribution in [-0.2, 0) is 6.54 Å². The molecule has 0 N–H and O–H groups in total. The molecule has 1 heterocycles. The molecular formula is C14H16F2N2S. The molecule has 0 atom stereocenters. The molecule has 1 aromatic carbocycles. The second kappa shape index (κ2) is 5.89. The van der Waals surface area contributed by atoms with Gasteiger partial charge in [0.1, 0.15) is 16.4 Å². The van der Waals surface area contributed by atoms with Gasteiger partial charge in [0, 0.05) is 31.3 Å². The van der Waals surface area contributed by atoms with Crippen molar-refractivity contribution in [2.24, 2.45) is 0 Å². The van der Waals surface area contributed by atoms with E-state index in [-0.39, 0.29) is 4.75 Å². The molecule has 0 saturated carbocycles. The molecule has 0 bridgehead atoms. The Balaban J connectivity index is 1.98. The Morgan fingerprint density at radius 2 is 2.05 bits per heavy atom. The molecule has 5 heteroatoms. The molecule has 2 nitrogen and oxygen atoms in total. The van der Waals surface area contributed by atoms with Gasteiger partial charge in [0.2, 0.25) is 0 Å². The minimum Gasteiger partial charge on any atom is -0.299 e. The first kappa shape index (κ1) is 14.3. The minimum atomic E-state index is -0.550. The summed E-state index contributed by atoms with van der Waals surface area (Å²) in [6.07, 6.45) is 3.53. The van der Waals surface area contributed by atoms with Crippen LogP contribution in [0.2, 0.25) is 0 Å². The van der Waals surface area contributed by atoms with Crippen LogP contribution in [0.4, 0.5) is 8.78 Å². The third-order valence-corrected chi connectivity index (χ3v) is 4.95. The van der Waals surface area contributed by atoms with Gasteiger partial charge in [0.05, 0.1) is 6.07 Å². The van der Waals surface area contributed by atoms with Crippen LogP contribution in [0.5, 0.6) is 0 Å². The van der Waals surface area contributed by atoms with Crippen LogP contribution >= 0.6 is 11.8 Å². The number of thioether (sulfide) groups is 1. The zero-order chi connectivity index (χ0) is 13.9. The largest absolute Gasteiger partial charge is 0.299 e. The number of rotatable bonds is 3. The first-order chi connectivity index (χ1) is 9.08. The van der Waals surface area contributed by atoms with Crippen LogP contribution in [0.25, 0.3) is 0 Å². The van der Waals surface area contributed by atoms with Crippen molar-refractivity contribution in [2.75, 3.05) is 19.3 Å². The van der Waals surface area contributed by atoms with E-state index in [1.165, 1.54) is 12.1 Å². The van der Waals surface area contributed by atoms with Crippen molar-refractivity contribution in [3.8, 4) is 6.07 Å². The number of hydrogen-bond donors (Lipinski definition) is 0. The third-order valence-electron chi connectivity index (χ3n) is 3.67. The number of piperidine rings is 1. The lowest BCUT2D eigenvalue weighted by Crippen LogP contribution is -2.41. The zero-order valence-corrected chi connectivity index (χ0v) is 11.6. The Hall–Kier alpha value is -1.12. The second-order valence-corrected chi connectivity index (χ2v) is 6.01. The van der Waals surface area contributed by atoms with Gasteiger partial charge in [0.15, 0.2) is 0 Å². The molecule has 0 spiro atoms. The number of likely N-dealkylation sites (tertiary alicyclic amines) is 1. The number of benzene rings is 1. The van der Waals surface area contributed by atoms with Gasteiger partial charge in [-0.2, -0.15) is 5.26 Å². The molecule has 19 heavy (non-hydrogen) atoms. The van der Waals surface area contributed by atoms with Crippen LogP contribution in [0.15, 0.2) is 18.2 Å². The summed E-state index contributed by atoms with van der Waals surface area (Å²) in [7, 11) is 0. The fourth-order valence-corrected chi connectivity index (χ4v) is 3.01. The fraction of sp³-hybridized carbons (Fsp3) is 0.500. The highest BCUT2D eigenvalue weighted by molar-refractivity contribution is 8.00. The van der Waals surface area contributed by atoms with Crippen LogP contribution in [0.3, 0.4) is 0 Å². The molecule has 0 aromatic heterocycles. The molecule has 0 aliphatic carbocycles. The van der Waals surface area contributed by atoms with Crippen LogP contribution in [0, 0.1) is 23.0 Å². The molecule has 0 amide bonds. The van der Waals surface area contributed by atoms with Crippen molar-refractivity contribution in [2.45, 2.75) is 24.1 Å². The maximum absolute atomic E-state index is 13.6. The van der Waals surface area contributed by atoms with Gasteiger partial charge >= 0.3 is 0 Å². The molecule has 1 aliphatic heterocycles. The molecule has 2 rings (SSSR count). The summed E-state index contributed by atoms with van der Waals surface area (Å²) in [4.78, 5) is 2.11. The molecule has 1 aliphatic rings. The lowest BCUT2D eigenvalue weighted by Gasteiger charge is -2.36. The lowest BCUT2D eigenvalue weighted by atomic mass is 9.97. The minimum absolute atomic E-state index is 0.294. The topological polar surface area (TPSA) is 27.0 Å². The zero-order valence-electron chi connectivity index (χ0n) is 10.8. The van der Waals surface area contributed by atoms with E-state index >= 15 is 0 Å². The Bertz CT molecular complexity index is 491. The van der Waals surface area contributed by atoms with Crippen molar-refractivity contribution in [1.82, 2.24) is 4.90 Å². The van der Waals surface area contributed by atoms with Gasteiger partial charge < -0.3 is 0 Å². The van der Waals surface area contributed by atoms with E-state index in [2.05, 4.69) is 11.0 Å². The molecular weight excluding hydrogens is 266 g/mol. The van der Waals surface area contributed by atoms with Gasteiger partial charge in [-0.3, -0.25) is 4.90 Å². The maximum atomic E-state index is 13.6. The molecule has 1 saturated heterocycles. The lowest BCUT2D eigenvalue weighted by molar-refractivity contribution is 0.207. The van der Waals surface area contributed by atoms with Crippen molar-refractivity contribution < 1.29 is 8.78 Å². The van der Waals surface area contributed by atoms with E-state index < -0.39 is 11.6 Å². The maximum Gasteiger partial charge on any atom is 0.130 e. The first-order valence-corrected chi connectivity index (χ1v) is 7.44. The monoisotopic (exact) mass is 282 g/mol. The van der Waals surface area contributed by atoms with E-state index in [4.69, 9.17) is 0 Å². The molecule has 0 radical (unpaired) electrons. The summed E-state index contributed by atoms with van der Waals surface area (Å²) in [5, 5.41) is 9.20.